The zero-order valence-electron chi connectivity index (χ0n) is 14.5. The fraction of sp³-hybridized carbons (Fsp3) is 0.375. The number of carboxylic acids is 1. The second kappa shape index (κ2) is 11.3. The van der Waals surface area contributed by atoms with E-state index >= 15 is 0 Å². The molecule has 0 aliphatic carbocycles. The average Bonchev–Trinajstić information content (AvgIpc) is 2.63. The Morgan fingerprint density at radius 1 is 1.11 bits per heavy atom. The number of hydrogen-bond donors (Lipinski definition) is 6. The summed E-state index contributed by atoms with van der Waals surface area (Å²) in [5.74, 6) is -2.40. The minimum Gasteiger partial charge on any atom is -0.480 e. The summed E-state index contributed by atoms with van der Waals surface area (Å²) < 4.78 is 0. The average molecular weight is 417 g/mol. The number of rotatable bonds is 9. The fourth-order valence-electron chi connectivity index (χ4n) is 1.96. The Morgan fingerprint density at radius 2 is 1.74 bits per heavy atom. The molecule has 0 aliphatic rings. The van der Waals surface area contributed by atoms with Gasteiger partial charge in [0.2, 0.25) is 11.8 Å². The molecule has 0 saturated heterocycles. The van der Waals surface area contributed by atoms with Crippen LogP contribution < -0.4 is 21.3 Å². The van der Waals surface area contributed by atoms with E-state index in [0.29, 0.717) is 17.1 Å². The number of benzene rings is 1. The second-order valence-corrected chi connectivity index (χ2v) is 6.45. The third-order valence-corrected chi connectivity index (χ3v) is 4.21. The number of halogens is 1. The smallest absolute Gasteiger partial charge is 0.322 e. The van der Waals surface area contributed by atoms with E-state index in [-0.39, 0.29) is 0 Å². The van der Waals surface area contributed by atoms with Crippen LogP contribution in [0.15, 0.2) is 24.3 Å². The largest absolute Gasteiger partial charge is 0.480 e. The summed E-state index contributed by atoms with van der Waals surface area (Å²) in [6, 6.07) is 5.39. The molecule has 1 aromatic rings. The highest BCUT2D eigenvalue weighted by Gasteiger charge is 2.25. The molecule has 0 aliphatic heterocycles. The van der Waals surface area contributed by atoms with Crippen molar-refractivity contribution >= 4 is 53.7 Å². The normalized spacial score (nSPS) is 12.4. The summed E-state index contributed by atoms with van der Waals surface area (Å²) in [5, 5.41) is 17.8. The van der Waals surface area contributed by atoms with Gasteiger partial charge in [0.25, 0.3) is 0 Å². The molecule has 0 spiro atoms. The van der Waals surface area contributed by atoms with Crippen molar-refractivity contribution in [3.63, 3.8) is 0 Å². The number of anilines is 1. The van der Waals surface area contributed by atoms with Crippen molar-refractivity contribution in [3.8, 4) is 0 Å². The summed E-state index contributed by atoms with van der Waals surface area (Å²) in [6.45, 7) is 0.836. The van der Waals surface area contributed by atoms with Gasteiger partial charge in [0.15, 0.2) is 0 Å². The van der Waals surface area contributed by atoms with Crippen LogP contribution >= 0.6 is 24.2 Å². The molecule has 0 heterocycles. The monoisotopic (exact) mass is 416 g/mol. The minimum absolute atomic E-state index is 0.392. The van der Waals surface area contributed by atoms with Crippen LogP contribution in [0.25, 0.3) is 0 Å². The fourth-order valence-corrected chi connectivity index (χ4v) is 2.47. The van der Waals surface area contributed by atoms with E-state index in [2.05, 4.69) is 33.9 Å². The Labute approximate surface area is 166 Å². The molecule has 27 heavy (non-hydrogen) atoms. The summed E-state index contributed by atoms with van der Waals surface area (Å²) in [6.07, 6.45) is 0.417. The predicted molar refractivity (Wildman–Crippen MR) is 104 cm³/mol. The van der Waals surface area contributed by atoms with Crippen molar-refractivity contribution in [2.45, 2.75) is 24.6 Å². The van der Waals surface area contributed by atoms with Crippen LogP contribution in [0, 0.1) is 0 Å². The van der Waals surface area contributed by atoms with Gasteiger partial charge in [0.1, 0.15) is 11.8 Å². The van der Waals surface area contributed by atoms with Crippen LogP contribution in [-0.2, 0) is 14.4 Å². The number of amides is 4. The maximum Gasteiger partial charge on any atom is 0.322 e. The lowest BCUT2D eigenvalue weighted by Crippen LogP contribution is -2.50. The first kappa shape index (κ1) is 22.6. The summed E-state index contributed by atoms with van der Waals surface area (Å²) in [4.78, 5) is 45.9. The molecule has 0 fully saturated rings. The van der Waals surface area contributed by atoms with Crippen molar-refractivity contribution in [2.24, 2.45) is 0 Å². The molecule has 0 saturated carbocycles. The summed E-state index contributed by atoms with van der Waals surface area (Å²) in [5.41, 5.74) is 0.530. The molecule has 5 N–H and O–H groups in total. The lowest BCUT2D eigenvalue weighted by molar-refractivity contribution is -0.137. The lowest BCUT2D eigenvalue weighted by Gasteiger charge is -2.22. The Kier molecular flexibility index (Phi) is 9.45. The van der Waals surface area contributed by atoms with E-state index in [1.807, 2.05) is 0 Å². The van der Waals surface area contributed by atoms with Crippen LogP contribution in [0.4, 0.5) is 10.5 Å². The Hall–Kier alpha value is -2.46. The molecule has 2 atom stereocenters. The molecule has 2 unspecified atom stereocenters. The van der Waals surface area contributed by atoms with Crippen LogP contribution in [-0.4, -0.2) is 53.3 Å². The van der Waals surface area contributed by atoms with Crippen molar-refractivity contribution in [1.29, 1.82) is 0 Å². The van der Waals surface area contributed by atoms with E-state index in [1.165, 1.54) is 0 Å². The maximum atomic E-state index is 12.1. The van der Waals surface area contributed by atoms with E-state index in [9.17, 15) is 19.2 Å². The summed E-state index contributed by atoms with van der Waals surface area (Å²) in [7, 11) is 0. The topological polar surface area (TPSA) is 137 Å². The maximum absolute atomic E-state index is 12.1. The number of hydrogen-bond acceptors (Lipinski definition) is 5. The Morgan fingerprint density at radius 3 is 2.30 bits per heavy atom. The molecular weight excluding hydrogens is 396 g/mol. The number of carboxylic acid groups (broad SMARTS) is 1. The van der Waals surface area contributed by atoms with Gasteiger partial charge in [-0.2, -0.15) is 12.6 Å². The standard InChI is InChI=1S/C16H21ClN4O5S/c1-2-11(21-16(26)20-10-5-3-9(17)4-6-10)14(27)15(25)19-7-12(22)18-8-13(23)24/h3-6,11,14,27H,2,7-8H2,1H3,(H,18,22)(H,19,25)(H,23,24)(H2,20,21,26). The highest BCUT2D eigenvalue weighted by atomic mass is 35.5. The Bertz CT molecular complexity index is 686. The van der Waals surface area contributed by atoms with E-state index in [4.69, 9.17) is 16.7 Å². The molecule has 1 aromatic carbocycles. The van der Waals surface area contributed by atoms with Crippen LogP contribution in [0.2, 0.25) is 5.02 Å². The third-order valence-electron chi connectivity index (χ3n) is 3.37. The van der Waals surface area contributed by atoms with Gasteiger partial charge in [-0.25, -0.2) is 4.79 Å². The van der Waals surface area contributed by atoms with Crippen molar-refractivity contribution in [1.82, 2.24) is 16.0 Å². The van der Waals surface area contributed by atoms with E-state index < -0.39 is 48.2 Å². The van der Waals surface area contributed by atoms with Gasteiger partial charge in [0.05, 0.1) is 12.6 Å². The highest BCUT2D eigenvalue weighted by Crippen LogP contribution is 2.13. The molecule has 1 rings (SSSR count). The second-order valence-electron chi connectivity index (χ2n) is 5.45. The first-order valence-corrected chi connectivity index (χ1v) is 8.89. The van der Waals surface area contributed by atoms with E-state index in [1.54, 1.807) is 31.2 Å². The minimum atomic E-state index is -1.19. The van der Waals surface area contributed by atoms with Gasteiger partial charge < -0.3 is 26.4 Å². The first-order valence-electron chi connectivity index (χ1n) is 8.00. The molecule has 0 aromatic heterocycles. The SMILES string of the molecule is CCC(NC(=O)Nc1ccc(Cl)cc1)C(S)C(=O)NCC(=O)NCC(=O)O. The van der Waals surface area contributed by atoms with Crippen LogP contribution in [0.5, 0.6) is 0 Å². The number of aliphatic carboxylic acids is 1. The van der Waals surface area contributed by atoms with Gasteiger partial charge in [-0.1, -0.05) is 18.5 Å². The molecular formula is C16H21ClN4O5S. The Balaban J connectivity index is 2.49. The quantitative estimate of drug-likeness (QED) is 0.332. The number of thiol groups is 1. The van der Waals surface area contributed by atoms with E-state index in [0.717, 1.165) is 0 Å². The van der Waals surface area contributed by atoms with Gasteiger partial charge in [0, 0.05) is 10.7 Å². The van der Waals surface area contributed by atoms with Gasteiger partial charge in [-0.3, -0.25) is 14.4 Å². The molecule has 9 nitrogen and oxygen atoms in total. The third kappa shape index (κ3) is 8.65. The molecule has 11 heteroatoms. The number of urea groups is 1. The molecule has 148 valence electrons. The number of carbonyl (C=O) groups excluding carboxylic acids is 3. The highest BCUT2D eigenvalue weighted by molar-refractivity contribution is 7.81. The van der Waals surface area contributed by atoms with Crippen molar-refractivity contribution in [2.75, 3.05) is 18.4 Å². The molecule has 4 amide bonds. The number of nitrogens with one attached hydrogen (secondary N) is 4. The van der Waals surface area contributed by atoms with Crippen molar-refractivity contribution in [3.05, 3.63) is 29.3 Å². The predicted octanol–water partition coefficient (Wildman–Crippen LogP) is 0.855. The lowest BCUT2D eigenvalue weighted by atomic mass is 10.1. The van der Waals surface area contributed by atoms with Gasteiger partial charge >= 0.3 is 12.0 Å². The summed E-state index contributed by atoms with van der Waals surface area (Å²) >= 11 is 9.98. The van der Waals surface area contributed by atoms with Crippen LogP contribution in [0.3, 0.4) is 0 Å². The van der Waals surface area contributed by atoms with Crippen molar-refractivity contribution < 1.29 is 24.3 Å². The number of carbonyl (C=O) groups is 4. The molecule has 0 radical (unpaired) electrons. The molecule has 0 bridgehead atoms. The van der Waals surface area contributed by atoms with Gasteiger partial charge in [-0.15, -0.1) is 0 Å². The first-order chi connectivity index (χ1) is 12.7. The van der Waals surface area contributed by atoms with Crippen LogP contribution in [0.1, 0.15) is 13.3 Å². The zero-order valence-corrected chi connectivity index (χ0v) is 16.1. The van der Waals surface area contributed by atoms with Gasteiger partial charge in [-0.05, 0) is 30.7 Å². The zero-order chi connectivity index (χ0) is 20.4.